The highest BCUT2D eigenvalue weighted by Gasteiger charge is 2.16. The first kappa shape index (κ1) is 20.2. The van der Waals surface area contributed by atoms with Gasteiger partial charge in [-0.1, -0.05) is 15.9 Å². The van der Waals surface area contributed by atoms with Crippen molar-refractivity contribution in [3.05, 3.63) is 53.0 Å². The number of amides is 1. The first-order valence-corrected chi connectivity index (χ1v) is 10.0. The summed E-state index contributed by atoms with van der Waals surface area (Å²) in [5, 5.41) is 11.8. The molecular weight excluding hydrogens is 424 g/mol. The van der Waals surface area contributed by atoms with Crippen molar-refractivity contribution in [1.29, 1.82) is 0 Å². The third-order valence-corrected chi connectivity index (χ3v) is 5.36. The molecule has 0 heterocycles. The van der Waals surface area contributed by atoms with Gasteiger partial charge in [0.15, 0.2) is 6.10 Å². The van der Waals surface area contributed by atoms with Crippen LogP contribution in [0.4, 0.5) is 0 Å². The van der Waals surface area contributed by atoms with Crippen molar-refractivity contribution in [2.24, 2.45) is 0 Å². The number of carbonyl (C=O) groups excluding carboxylic acids is 1. The molecule has 0 aliphatic heterocycles. The highest BCUT2D eigenvalue weighted by atomic mass is 79.9. The molecule has 0 aromatic heterocycles. The molecule has 0 aliphatic carbocycles. The summed E-state index contributed by atoms with van der Waals surface area (Å²) in [6.07, 6.45) is -0.761. The number of benzene rings is 2. The minimum absolute atomic E-state index is 0.0517. The number of aromatic hydroxyl groups is 1. The van der Waals surface area contributed by atoms with Crippen LogP contribution in [-0.4, -0.2) is 38.6 Å². The Kier molecular flexibility index (Phi) is 7.01. The lowest BCUT2D eigenvalue weighted by atomic mass is 10.3. The minimum atomic E-state index is -3.62. The van der Waals surface area contributed by atoms with Gasteiger partial charge in [-0.25, -0.2) is 13.1 Å². The normalized spacial score (nSPS) is 12.4. The van der Waals surface area contributed by atoms with Crippen LogP contribution in [0.2, 0.25) is 0 Å². The Labute approximate surface area is 160 Å². The molecule has 0 spiro atoms. The van der Waals surface area contributed by atoms with Gasteiger partial charge in [0.2, 0.25) is 10.0 Å². The van der Waals surface area contributed by atoms with E-state index >= 15 is 0 Å². The van der Waals surface area contributed by atoms with E-state index in [-0.39, 0.29) is 29.6 Å². The molecule has 2 aromatic carbocycles. The van der Waals surface area contributed by atoms with Gasteiger partial charge >= 0.3 is 0 Å². The number of sulfonamides is 1. The SMILES string of the molecule is CC(Oc1ccc(O)cc1)C(=O)NCCNS(=O)(=O)c1ccc(Br)cc1. The number of hydrogen-bond acceptors (Lipinski definition) is 5. The second-order valence-electron chi connectivity index (χ2n) is 5.40. The third-order valence-electron chi connectivity index (χ3n) is 3.36. The predicted octanol–water partition coefficient (Wildman–Crippen LogP) is 2.02. The average Bonchev–Trinajstić information content (AvgIpc) is 2.61. The molecule has 1 atom stereocenters. The van der Waals surface area contributed by atoms with Crippen LogP contribution in [-0.2, 0) is 14.8 Å². The summed E-state index contributed by atoms with van der Waals surface area (Å²) in [4.78, 5) is 12.1. The number of nitrogens with one attached hydrogen (secondary N) is 2. The Balaban J connectivity index is 1.77. The zero-order chi connectivity index (χ0) is 19.2. The number of phenols is 1. The quantitative estimate of drug-likeness (QED) is 0.542. The average molecular weight is 443 g/mol. The van der Waals surface area contributed by atoms with Crippen LogP contribution >= 0.6 is 15.9 Å². The van der Waals surface area contributed by atoms with Gasteiger partial charge in [-0.3, -0.25) is 4.79 Å². The monoisotopic (exact) mass is 442 g/mol. The summed E-state index contributed by atoms with van der Waals surface area (Å²) in [6, 6.07) is 12.2. The molecule has 2 aromatic rings. The van der Waals surface area contributed by atoms with E-state index in [0.717, 1.165) is 4.47 Å². The predicted molar refractivity (Wildman–Crippen MR) is 101 cm³/mol. The summed E-state index contributed by atoms with van der Waals surface area (Å²) in [5.41, 5.74) is 0. The Hall–Kier alpha value is -2.10. The summed E-state index contributed by atoms with van der Waals surface area (Å²) in [6.45, 7) is 1.75. The first-order valence-electron chi connectivity index (χ1n) is 7.76. The number of rotatable bonds is 8. The van der Waals surface area contributed by atoms with Gasteiger partial charge in [0.1, 0.15) is 11.5 Å². The lowest BCUT2D eigenvalue weighted by Gasteiger charge is -2.15. The number of carbonyl (C=O) groups is 1. The van der Waals surface area contributed by atoms with Crippen molar-refractivity contribution < 1.29 is 23.1 Å². The van der Waals surface area contributed by atoms with Gasteiger partial charge in [0, 0.05) is 17.6 Å². The van der Waals surface area contributed by atoms with Gasteiger partial charge in [-0.05, 0) is 55.5 Å². The molecule has 0 aliphatic rings. The van der Waals surface area contributed by atoms with Crippen LogP contribution < -0.4 is 14.8 Å². The molecule has 140 valence electrons. The van der Waals surface area contributed by atoms with E-state index in [1.807, 2.05) is 0 Å². The maximum Gasteiger partial charge on any atom is 0.260 e. The number of ether oxygens (including phenoxy) is 1. The molecule has 0 fully saturated rings. The number of hydrogen-bond donors (Lipinski definition) is 3. The standard InChI is InChI=1S/C17H19BrN2O5S/c1-12(25-15-6-4-14(21)5-7-15)17(22)19-10-11-20-26(23,24)16-8-2-13(18)3-9-16/h2-9,12,20-21H,10-11H2,1H3,(H,19,22). The maximum absolute atomic E-state index is 12.1. The van der Waals surface area contributed by atoms with Crippen molar-refractivity contribution in [1.82, 2.24) is 10.0 Å². The van der Waals surface area contributed by atoms with Crippen LogP contribution in [0.15, 0.2) is 57.9 Å². The molecule has 0 saturated heterocycles. The fourth-order valence-corrected chi connectivity index (χ4v) is 3.29. The van der Waals surface area contributed by atoms with E-state index in [1.54, 1.807) is 31.2 Å². The number of halogens is 1. The van der Waals surface area contributed by atoms with Gasteiger partial charge in [-0.2, -0.15) is 0 Å². The highest BCUT2D eigenvalue weighted by molar-refractivity contribution is 9.10. The zero-order valence-corrected chi connectivity index (χ0v) is 16.4. The lowest BCUT2D eigenvalue weighted by molar-refractivity contribution is -0.127. The molecule has 1 unspecified atom stereocenters. The van der Waals surface area contributed by atoms with Crippen molar-refractivity contribution in [2.75, 3.05) is 13.1 Å². The van der Waals surface area contributed by atoms with Crippen LogP contribution in [0.1, 0.15) is 6.92 Å². The van der Waals surface area contributed by atoms with E-state index in [2.05, 4.69) is 26.0 Å². The lowest BCUT2D eigenvalue weighted by Crippen LogP contribution is -2.40. The van der Waals surface area contributed by atoms with E-state index in [9.17, 15) is 18.3 Å². The Morgan fingerprint density at radius 3 is 2.35 bits per heavy atom. The topological polar surface area (TPSA) is 105 Å². The molecule has 3 N–H and O–H groups in total. The van der Waals surface area contributed by atoms with Gasteiger partial charge < -0.3 is 15.2 Å². The minimum Gasteiger partial charge on any atom is -0.508 e. The van der Waals surface area contributed by atoms with Crippen molar-refractivity contribution in [2.45, 2.75) is 17.9 Å². The Bertz CT molecular complexity index is 838. The second kappa shape index (κ2) is 9.02. The zero-order valence-electron chi connectivity index (χ0n) is 14.0. The smallest absolute Gasteiger partial charge is 0.260 e. The molecule has 1 amide bonds. The second-order valence-corrected chi connectivity index (χ2v) is 8.08. The van der Waals surface area contributed by atoms with Crippen molar-refractivity contribution in [3.63, 3.8) is 0 Å². The summed E-state index contributed by atoms with van der Waals surface area (Å²) >= 11 is 3.25. The molecule has 0 bridgehead atoms. The van der Waals surface area contributed by atoms with Crippen LogP contribution in [0.25, 0.3) is 0 Å². The largest absolute Gasteiger partial charge is 0.508 e. The fraction of sp³-hybridized carbons (Fsp3) is 0.235. The van der Waals surface area contributed by atoms with E-state index in [0.29, 0.717) is 5.75 Å². The van der Waals surface area contributed by atoms with E-state index in [1.165, 1.54) is 24.3 Å². The third kappa shape index (κ3) is 6.01. The molecular formula is C17H19BrN2O5S. The van der Waals surface area contributed by atoms with Gasteiger partial charge in [0.25, 0.3) is 5.91 Å². The summed E-state index contributed by atoms with van der Waals surface area (Å²) < 4.78 is 32.9. The molecule has 26 heavy (non-hydrogen) atoms. The van der Waals surface area contributed by atoms with Gasteiger partial charge in [0.05, 0.1) is 4.90 Å². The summed E-state index contributed by atoms with van der Waals surface area (Å²) in [7, 11) is -3.62. The van der Waals surface area contributed by atoms with Gasteiger partial charge in [-0.15, -0.1) is 0 Å². The molecule has 7 nitrogen and oxygen atoms in total. The van der Waals surface area contributed by atoms with E-state index < -0.39 is 16.1 Å². The summed E-state index contributed by atoms with van der Waals surface area (Å²) in [5.74, 6) is 0.176. The highest BCUT2D eigenvalue weighted by Crippen LogP contribution is 2.17. The molecule has 0 radical (unpaired) electrons. The Morgan fingerprint density at radius 1 is 1.12 bits per heavy atom. The Morgan fingerprint density at radius 2 is 1.73 bits per heavy atom. The molecule has 2 rings (SSSR count). The van der Waals surface area contributed by atoms with Crippen LogP contribution in [0.5, 0.6) is 11.5 Å². The van der Waals surface area contributed by atoms with Crippen molar-refractivity contribution >= 4 is 31.9 Å². The number of phenolic OH excluding ortho intramolecular Hbond substituents is 1. The van der Waals surface area contributed by atoms with Crippen LogP contribution in [0, 0.1) is 0 Å². The molecule has 9 heteroatoms. The first-order chi connectivity index (χ1) is 12.3. The fourth-order valence-electron chi connectivity index (χ4n) is 1.99. The van der Waals surface area contributed by atoms with Crippen molar-refractivity contribution in [3.8, 4) is 11.5 Å². The molecule has 0 saturated carbocycles. The maximum atomic E-state index is 12.1. The van der Waals surface area contributed by atoms with E-state index in [4.69, 9.17) is 4.74 Å². The van der Waals surface area contributed by atoms with Crippen LogP contribution in [0.3, 0.4) is 0 Å².